The van der Waals surface area contributed by atoms with Crippen LogP contribution in [0.4, 0.5) is 0 Å². The first-order chi connectivity index (χ1) is 3.55. The third kappa shape index (κ3) is 4.51. The number of carbonyl (C=O) groups is 1. The van der Waals surface area contributed by atoms with Crippen molar-refractivity contribution >= 4 is 5.97 Å². The zero-order valence-corrected chi connectivity index (χ0v) is 6.93. The van der Waals surface area contributed by atoms with Gasteiger partial charge in [-0.05, 0) is 5.92 Å². The van der Waals surface area contributed by atoms with E-state index >= 15 is 0 Å². The van der Waals surface area contributed by atoms with Gasteiger partial charge in [0.1, 0.15) is 6.04 Å². The summed E-state index contributed by atoms with van der Waals surface area (Å²) in [5, 5.41) is 8.23. The molecule has 0 aromatic carbocycles. The maximum Gasteiger partial charge on any atom is 0.320 e. The van der Waals surface area contributed by atoms with Gasteiger partial charge in [0.25, 0.3) is 0 Å². The molecule has 3 nitrogen and oxygen atoms in total. The molecule has 0 aromatic rings. The summed E-state index contributed by atoms with van der Waals surface area (Å²) in [5.41, 5.74) is 5.16. The molecule has 0 spiro atoms. The van der Waals surface area contributed by atoms with Crippen molar-refractivity contribution in [1.29, 1.82) is 0 Å². The molecule has 0 saturated heterocycles. The molecule has 0 aliphatic heterocycles. The molecule has 0 aliphatic carbocycles. The Morgan fingerprint density at radius 1 is 1.56 bits per heavy atom. The van der Waals surface area contributed by atoms with Crippen molar-refractivity contribution in [3.8, 4) is 0 Å². The molecule has 4 heteroatoms. The molecule has 0 unspecified atom stereocenters. The maximum atomic E-state index is 10.0. The van der Waals surface area contributed by atoms with Crippen LogP contribution in [0.5, 0.6) is 0 Å². The van der Waals surface area contributed by atoms with Gasteiger partial charge in [0.05, 0.1) is 0 Å². The van der Waals surface area contributed by atoms with Crippen molar-refractivity contribution in [2.45, 2.75) is 19.9 Å². The van der Waals surface area contributed by atoms with E-state index in [1.807, 2.05) is 0 Å². The van der Waals surface area contributed by atoms with Crippen LogP contribution in [-0.4, -0.2) is 17.1 Å². The molecule has 53 valence electrons. The molecule has 0 aliphatic rings. The molecule has 0 rings (SSSR count). The van der Waals surface area contributed by atoms with Gasteiger partial charge in [-0.25, -0.2) is 0 Å². The number of rotatable bonds is 2. The Bertz CT molecular complexity index is 95.0. The number of carboxylic acid groups (broad SMARTS) is 1. The average Bonchev–Trinajstić information content (AvgIpc) is 1.64. The van der Waals surface area contributed by atoms with Crippen LogP contribution in [-0.2, 0) is 23.4 Å². The first kappa shape index (κ1) is 11.8. The van der Waals surface area contributed by atoms with Crippen molar-refractivity contribution in [2.75, 3.05) is 0 Å². The summed E-state index contributed by atoms with van der Waals surface area (Å²) in [6.07, 6.45) is 0. The fourth-order valence-electron chi connectivity index (χ4n) is 0.285. The standard InChI is InChI=1S/C5H11NO2.V/c1-3(2)4(6)5(7)8;/h3-4H,6H2,1-2H3,(H,7,8);/t4-;/m1./s1. The van der Waals surface area contributed by atoms with Crippen LogP contribution in [0.1, 0.15) is 13.8 Å². The van der Waals surface area contributed by atoms with Gasteiger partial charge in [-0.1, -0.05) is 13.8 Å². The predicted molar refractivity (Wildman–Crippen MR) is 30.4 cm³/mol. The summed E-state index contributed by atoms with van der Waals surface area (Å²) < 4.78 is 0. The minimum absolute atomic E-state index is 0. The van der Waals surface area contributed by atoms with E-state index in [0.29, 0.717) is 0 Å². The molecule has 0 amide bonds. The van der Waals surface area contributed by atoms with Gasteiger partial charge < -0.3 is 10.8 Å². The molecule has 0 saturated carbocycles. The summed E-state index contributed by atoms with van der Waals surface area (Å²) in [6.45, 7) is 3.55. The molecule has 0 fully saturated rings. The van der Waals surface area contributed by atoms with E-state index < -0.39 is 12.0 Å². The number of hydrogen-bond acceptors (Lipinski definition) is 2. The topological polar surface area (TPSA) is 63.3 Å². The minimum Gasteiger partial charge on any atom is -0.480 e. The largest absolute Gasteiger partial charge is 0.480 e. The van der Waals surface area contributed by atoms with Gasteiger partial charge in [0.2, 0.25) is 0 Å². The van der Waals surface area contributed by atoms with Crippen LogP contribution in [0.15, 0.2) is 0 Å². The second kappa shape index (κ2) is 4.85. The van der Waals surface area contributed by atoms with Crippen LogP contribution in [0.2, 0.25) is 0 Å². The maximum absolute atomic E-state index is 10.0. The normalized spacial score (nSPS) is 12.4. The van der Waals surface area contributed by atoms with Gasteiger partial charge in [-0.3, -0.25) is 4.79 Å². The van der Waals surface area contributed by atoms with E-state index in [4.69, 9.17) is 10.8 Å². The SMILES string of the molecule is CC(C)[C@@H](N)C(=O)O.[V]. The molecule has 1 radical (unpaired) electrons. The minimum atomic E-state index is -0.931. The summed E-state index contributed by atoms with van der Waals surface area (Å²) in [4.78, 5) is 10.0. The predicted octanol–water partition coefficient (Wildman–Crippen LogP) is 0.0518. The first-order valence-electron chi connectivity index (χ1n) is 2.54. The molecule has 0 bridgehead atoms. The summed E-state index contributed by atoms with van der Waals surface area (Å²) in [6, 6.07) is -0.713. The van der Waals surface area contributed by atoms with Crippen LogP contribution in [0.3, 0.4) is 0 Å². The monoisotopic (exact) mass is 168 g/mol. The average molecular weight is 168 g/mol. The molecule has 9 heavy (non-hydrogen) atoms. The van der Waals surface area contributed by atoms with Gasteiger partial charge in [0, 0.05) is 18.6 Å². The first-order valence-corrected chi connectivity index (χ1v) is 2.54. The van der Waals surface area contributed by atoms with Crippen LogP contribution in [0.25, 0.3) is 0 Å². The van der Waals surface area contributed by atoms with Gasteiger partial charge >= 0.3 is 5.97 Å². The second-order valence-corrected chi connectivity index (χ2v) is 2.11. The Balaban J connectivity index is 0. The number of aliphatic carboxylic acids is 1. The van der Waals surface area contributed by atoms with E-state index in [1.54, 1.807) is 13.8 Å². The molecule has 1 atom stereocenters. The van der Waals surface area contributed by atoms with Crippen LogP contribution < -0.4 is 5.73 Å². The quantitative estimate of drug-likeness (QED) is 0.612. The van der Waals surface area contributed by atoms with Gasteiger partial charge in [0.15, 0.2) is 0 Å². The third-order valence-corrected chi connectivity index (χ3v) is 1.00. The summed E-state index contributed by atoms with van der Waals surface area (Å²) in [5.74, 6) is -0.910. The Hall–Kier alpha value is 0.0144. The fraction of sp³-hybridized carbons (Fsp3) is 0.800. The van der Waals surface area contributed by atoms with Crippen molar-refractivity contribution in [3.05, 3.63) is 0 Å². The molecule has 0 heterocycles. The van der Waals surface area contributed by atoms with Gasteiger partial charge in [-0.2, -0.15) is 0 Å². The third-order valence-electron chi connectivity index (χ3n) is 1.00. The molecule has 3 N–H and O–H groups in total. The van der Waals surface area contributed by atoms with E-state index in [0.717, 1.165) is 0 Å². The van der Waals surface area contributed by atoms with Crippen molar-refractivity contribution in [1.82, 2.24) is 0 Å². The molecular weight excluding hydrogens is 157 g/mol. The Morgan fingerprint density at radius 3 is 1.89 bits per heavy atom. The molecular formula is C5H11NO2V. The Labute approximate surface area is 66.5 Å². The Kier molecular flexibility index (Phi) is 6.35. The number of nitrogens with two attached hydrogens (primary N) is 1. The zero-order chi connectivity index (χ0) is 6.73. The summed E-state index contributed by atoms with van der Waals surface area (Å²) >= 11 is 0. The van der Waals surface area contributed by atoms with Crippen molar-refractivity contribution < 1.29 is 28.5 Å². The van der Waals surface area contributed by atoms with Crippen LogP contribution >= 0.6 is 0 Å². The van der Waals surface area contributed by atoms with Crippen molar-refractivity contribution in [2.24, 2.45) is 11.7 Å². The Morgan fingerprint density at radius 2 is 1.89 bits per heavy atom. The second-order valence-electron chi connectivity index (χ2n) is 2.11. The van der Waals surface area contributed by atoms with E-state index in [2.05, 4.69) is 0 Å². The smallest absolute Gasteiger partial charge is 0.320 e. The van der Waals surface area contributed by atoms with Crippen LogP contribution in [0, 0.1) is 5.92 Å². The molecule has 0 aromatic heterocycles. The van der Waals surface area contributed by atoms with E-state index in [1.165, 1.54) is 0 Å². The summed E-state index contributed by atoms with van der Waals surface area (Å²) in [7, 11) is 0. The van der Waals surface area contributed by atoms with E-state index in [-0.39, 0.29) is 24.5 Å². The zero-order valence-electron chi connectivity index (χ0n) is 5.53. The number of carboxylic acids is 1. The fourth-order valence-corrected chi connectivity index (χ4v) is 0.285. The van der Waals surface area contributed by atoms with E-state index in [9.17, 15) is 4.79 Å². The van der Waals surface area contributed by atoms with Gasteiger partial charge in [-0.15, -0.1) is 0 Å². The number of hydrogen-bond donors (Lipinski definition) is 2. The van der Waals surface area contributed by atoms with Crippen molar-refractivity contribution in [3.63, 3.8) is 0 Å².